The third kappa shape index (κ3) is 5.19. The molecule has 0 fully saturated rings. The van der Waals surface area contributed by atoms with E-state index in [1.165, 1.54) is 27.1 Å². The van der Waals surface area contributed by atoms with Gasteiger partial charge in [-0.15, -0.1) is 0 Å². The third-order valence-corrected chi connectivity index (χ3v) is 9.62. The Morgan fingerprint density at radius 1 is 0.711 bits per heavy atom. The molecule has 0 amide bonds. The summed E-state index contributed by atoms with van der Waals surface area (Å²) in [5, 5.41) is 4.76. The zero-order chi connectivity index (χ0) is 30.9. The lowest BCUT2D eigenvalue weighted by Gasteiger charge is -2.15. The van der Waals surface area contributed by atoms with Crippen LogP contribution in [0.25, 0.3) is 32.7 Å². The summed E-state index contributed by atoms with van der Waals surface area (Å²) in [5.41, 5.74) is 3.83. The number of rotatable bonds is 8. The molecule has 1 aliphatic rings. The maximum Gasteiger partial charge on any atom is 0.218 e. The first kappa shape index (κ1) is 28.6. The normalized spacial score (nSPS) is 15.0. The molecule has 0 saturated carbocycles. The smallest absolute Gasteiger partial charge is 0.218 e. The number of methoxy groups -OCH3 is 3. The predicted molar refractivity (Wildman–Crippen MR) is 179 cm³/mol. The Hall–Kier alpha value is -5.14. The highest BCUT2D eigenvalue weighted by Gasteiger charge is 2.27. The first-order valence-corrected chi connectivity index (χ1v) is 15.8. The molecule has 0 aromatic heterocycles. The van der Waals surface area contributed by atoms with Crippen molar-refractivity contribution in [1.82, 2.24) is 0 Å². The molecule has 0 saturated heterocycles. The SMILES string of the molecule is COc1cc(C2COC(c3ccccc3[S@@](=O)c3ccc(-c4c5ccccc5cc5ccccc45)cc3)=N2)cc(OC)c1OC. The zero-order valence-electron chi connectivity index (χ0n) is 25.2. The monoisotopic (exact) mass is 613 g/mol. The molecule has 6 aromatic carbocycles. The van der Waals surface area contributed by atoms with Gasteiger partial charge in [0, 0.05) is 4.90 Å². The molecule has 0 spiro atoms. The summed E-state index contributed by atoms with van der Waals surface area (Å²) in [6.07, 6.45) is 0. The van der Waals surface area contributed by atoms with Crippen molar-refractivity contribution in [3.05, 3.63) is 126 Å². The van der Waals surface area contributed by atoms with E-state index in [2.05, 4.69) is 66.7 Å². The van der Waals surface area contributed by atoms with Crippen LogP contribution in [-0.2, 0) is 15.5 Å². The number of ether oxygens (including phenoxy) is 4. The Labute approximate surface area is 264 Å². The molecular weight excluding hydrogens is 582 g/mol. The van der Waals surface area contributed by atoms with E-state index >= 15 is 0 Å². The maximum atomic E-state index is 14.0. The minimum absolute atomic E-state index is 0.287. The van der Waals surface area contributed by atoms with Crippen molar-refractivity contribution >= 4 is 38.2 Å². The molecule has 0 N–H and O–H groups in total. The predicted octanol–water partition coefficient (Wildman–Crippen LogP) is 8.37. The van der Waals surface area contributed by atoms with E-state index in [-0.39, 0.29) is 6.04 Å². The van der Waals surface area contributed by atoms with Crippen molar-refractivity contribution in [3.8, 4) is 28.4 Å². The van der Waals surface area contributed by atoms with Gasteiger partial charge in [0.2, 0.25) is 11.6 Å². The van der Waals surface area contributed by atoms with Crippen molar-refractivity contribution < 1.29 is 23.2 Å². The van der Waals surface area contributed by atoms with Crippen LogP contribution in [0.15, 0.2) is 130 Å². The Balaban J connectivity index is 1.22. The molecule has 0 radical (unpaired) electrons. The van der Waals surface area contributed by atoms with E-state index in [0.29, 0.717) is 45.1 Å². The average Bonchev–Trinajstić information content (AvgIpc) is 3.60. The summed E-state index contributed by atoms with van der Waals surface area (Å²) in [5.74, 6) is 2.08. The highest BCUT2D eigenvalue weighted by molar-refractivity contribution is 7.85. The highest BCUT2D eigenvalue weighted by atomic mass is 32.2. The molecule has 6 nitrogen and oxygen atoms in total. The molecule has 7 heteroatoms. The topological polar surface area (TPSA) is 66.4 Å². The van der Waals surface area contributed by atoms with Crippen LogP contribution in [0.5, 0.6) is 17.2 Å². The van der Waals surface area contributed by atoms with Gasteiger partial charge in [0.15, 0.2) is 11.5 Å². The molecule has 0 aliphatic carbocycles. The van der Waals surface area contributed by atoms with Crippen LogP contribution in [0.4, 0.5) is 0 Å². The van der Waals surface area contributed by atoms with Crippen LogP contribution in [0, 0.1) is 0 Å². The first-order chi connectivity index (χ1) is 22.1. The molecule has 1 aliphatic heterocycles. The van der Waals surface area contributed by atoms with Crippen molar-refractivity contribution in [2.45, 2.75) is 15.8 Å². The highest BCUT2D eigenvalue weighted by Crippen LogP contribution is 2.42. The van der Waals surface area contributed by atoms with Gasteiger partial charge in [-0.1, -0.05) is 72.8 Å². The number of hydrogen-bond donors (Lipinski definition) is 0. The van der Waals surface area contributed by atoms with E-state index in [4.69, 9.17) is 23.9 Å². The van der Waals surface area contributed by atoms with E-state index in [1.807, 2.05) is 48.5 Å². The first-order valence-electron chi connectivity index (χ1n) is 14.6. The number of benzene rings is 6. The van der Waals surface area contributed by atoms with Gasteiger partial charge >= 0.3 is 0 Å². The number of fused-ring (bicyclic) bond motifs is 2. The molecule has 2 atom stereocenters. The molecule has 224 valence electrons. The van der Waals surface area contributed by atoms with Crippen LogP contribution in [0.1, 0.15) is 17.2 Å². The van der Waals surface area contributed by atoms with Crippen LogP contribution in [0.3, 0.4) is 0 Å². The van der Waals surface area contributed by atoms with E-state index < -0.39 is 10.8 Å². The summed E-state index contributed by atoms with van der Waals surface area (Å²) >= 11 is 0. The molecule has 1 unspecified atom stereocenters. The van der Waals surface area contributed by atoms with Crippen LogP contribution < -0.4 is 14.2 Å². The van der Waals surface area contributed by atoms with Crippen LogP contribution in [-0.4, -0.2) is 38.0 Å². The zero-order valence-corrected chi connectivity index (χ0v) is 26.0. The summed E-state index contributed by atoms with van der Waals surface area (Å²) in [6, 6.07) is 38.2. The van der Waals surface area contributed by atoms with Crippen molar-refractivity contribution in [2.75, 3.05) is 27.9 Å². The largest absolute Gasteiger partial charge is 0.493 e. The van der Waals surface area contributed by atoms with Gasteiger partial charge in [0.1, 0.15) is 12.6 Å². The third-order valence-electron chi connectivity index (χ3n) is 8.17. The van der Waals surface area contributed by atoms with Gasteiger partial charge < -0.3 is 18.9 Å². The Morgan fingerprint density at radius 2 is 1.31 bits per heavy atom. The fourth-order valence-electron chi connectivity index (χ4n) is 5.99. The Bertz CT molecular complexity index is 2030. The van der Waals surface area contributed by atoms with Crippen molar-refractivity contribution in [2.24, 2.45) is 4.99 Å². The van der Waals surface area contributed by atoms with Crippen molar-refractivity contribution in [3.63, 3.8) is 0 Å². The Morgan fingerprint density at radius 3 is 1.93 bits per heavy atom. The summed E-state index contributed by atoms with van der Waals surface area (Å²) in [4.78, 5) is 6.24. The minimum Gasteiger partial charge on any atom is -0.493 e. The molecule has 6 aromatic rings. The molecule has 45 heavy (non-hydrogen) atoms. The molecular formula is C38H31NO5S. The molecule has 7 rings (SSSR count). The van der Waals surface area contributed by atoms with Gasteiger partial charge in [-0.3, -0.25) is 0 Å². The average molecular weight is 614 g/mol. The number of hydrogen-bond acceptors (Lipinski definition) is 6. The summed E-state index contributed by atoms with van der Waals surface area (Å²) < 4.78 is 36.7. The maximum absolute atomic E-state index is 14.0. The number of nitrogens with zero attached hydrogens (tertiary/aromatic N) is 1. The standard InChI is InChI=1S/C38H31NO5S/c1-41-33-21-27(22-34(42-2)37(33)43-3)32-23-44-38(39-32)31-14-8-9-15-35(31)45(40)28-18-16-24(17-19-28)36-29-12-6-4-10-25(29)20-26-11-5-7-13-30(26)36/h4-22,32H,23H2,1-3H3/t32?,45-/m0/s1. The second-order valence-electron chi connectivity index (χ2n) is 10.7. The minimum atomic E-state index is -1.46. The lowest BCUT2D eigenvalue weighted by atomic mass is 9.92. The van der Waals surface area contributed by atoms with Gasteiger partial charge in [-0.2, -0.15) is 0 Å². The van der Waals surface area contributed by atoms with Crippen molar-refractivity contribution in [1.29, 1.82) is 0 Å². The van der Waals surface area contributed by atoms with Gasteiger partial charge in [0.05, 0.1) is 42.6 Å². The lowest BCUT2D eigenvalue weighted by molar-refractivity contribution is 0.312. The van der Waals surface area contributed by atoms with E-state index in [0.717, 1.165) is 11.1 Å². The van der Waals surface area contributed by atoms with Gasteiger partial charge in [-0.25, -0.2) is 9.20 Å². The second kappa shape index (κ2) is 12.1. The van der Waals surface area contributed by atoms with E-state index in [1.54, 1.807) is 21.3 Å². The molecule has 0 bridgehead atoms. The number of aliphatic imine (C=N–C) groups is 1. The fraction of sp³-hybridized carbons (Fsp3) is 0.132. The van der Waals surface area contributed by atoms with Crippen LogP contribution >= 0.6 is 0 Å². The fourth-order valence-corrected chi connectivity index (χ4v) is 7.18. The lowest BCUT2D eigenvalue weighted by Crippen LogP contribution is -2.07. The summed E-state index contributed by atoms with van der Waals surface area (Å²) in [7, 11) is 3.29. The molecule has 1 heterocycles. The van der Waals surface area contributed by atoms with Crippen LogP contribution in [0.2, 0.25) is 0 Å². The Kier molecular flexibility index (Phi) is 7.69. The van der Waals surface area contributed by atoms with Gasteiger partial charge in [0.25, 0.3) is 0 Å². The van der Waals surface area contributed by atoms with Gasteiger partial charge in [-0.05, 0) is 80.7 Å². The summed E-state index contributed by atoms with van der Waals surface area (Å²) in [6.45, 7) is 0.336. The quantitative estimate of drug-likeness (QED) is 0.161. The van der Waals surface area contributed by atoms with E-state index in [9.17, 15) is 4.21 Å². The second-order valence-corrected chi connectivity index (χ2v) is 12.2.